The number of piperidine rings is 1. The van der Waals surface area contributed by atoms with Gasteiger partial charge in [-0.2, -0.15) is 0 Å². The van der Waals surface area contributed by atoms with Crippen LogP contribution in [0.15, 0.2) is 86.0 Å². The van der Waals surface area contributed by atoms with Crippen LogP contribution in [0.5, 0.6) is 11.5 Å². The van der Waals surface area contributed by atoms with Gasteiger partial charge in [-0.05, 0) is 80.8 Å². The fourth-order valence-electron chi connectivity index (χ4n) is 5.55. The van der Waals surface area contributed by atoms with E-state index in [1.807, 2.05) is 74.5 Å². The van der Waals surface area contributed by atoms with Crippen molar-refractivity contribution in [2.24, 2.45) is 5.73 Å². The third kappa shape index (κ3) is 8.34. The smallest absolute Gasteiger partial charge is 0.237 e. The molecule has 1 heterocycles. The number of carbonyl (C=O) groups excluding carboxylic acids is 1. The lowest BCUT2D eigenvalue weighted by Gasteiger charge is -2.33. The number of nitrogens with zero attached hydrogens (tertiary/aromatic N) is 1. The molecule has 0 radical (unpaired) electrons. The van der Waals surface area contributed by atoms with E-state index in [4.69, 9.17) is 10.5 Å². The van der Waals surface area contributed by atoms with E-state index >= 15 is 0 Å². The van der Waals surface area contributed by atoms with Crippen LogP contribution >= 0.6 is 0 Å². The molecule has 1 saturated heterocycles. The van der Waals surface area contributed by atoms with Gasteiger partial charge in [-0.15, -0.1) is 13.2 Å². The standard InChI is InChI=1S/C36H45N3O3/c1-5-10-26-14-15-34(42-25(3)4)31(21-26)32-22-28(11-6-2)20-29(35(32)40)24-39-18-16-30(17-19-39)38-36(41)33(37)23-27-12-8-7-9-13-27/h5-9,12-15,20-22,25,30,33,40H,1-2,10-11,16-19,23-24,37H2,3-4H3,(H,38,41)/t33-/m0/s1. The van der Waals surface area contributed by atoms with Gasteiger partial charge >= 0.3 is 0 Å². The maximum atomic E-state index is 12.8. The zero-order valence-electron chi connectivity index (χ0n) is 25.0. The van der Waals surface area contributed by atoms with Gasteiger partial charge in [-0.1, -0.05) is 54.6 Å². The Kier molecular flexibility index (Phi) is 11.0. The third-order valence-corrected chi connectivity index (χ3v) is 7.67. The van der Waals surface area contributed by atoms with Crippen molar-refractivity contribution in [3.05, 3.63) is 108 Å². The fourth-order valence-corrected chi connectivity index (χ4v) is 5.55. The number of rotatable bonds is 13. The van der Waals surface area contributed by atoms with Crippen molar-refractivity contribution in [2.45, 2.75) is 70.7 Å². The predicted octanol–water partition coefficient (Wildman–Crippen LogP) is 5.95. The van der Waals surface area contributed by atoms with E-state index in [0.29, 0.717) is 19.4 Å². The number of aromatic hydroxyl groups is 1. The van der Waals surface area contributed by atoms with Crippen LogP contribution in [0.2, 0.25) is 0 Å². The van der Waals surface area contributed by atoms with Gasteiger partial charge in [0.05, 0.1) is 12.1 Å². The summed E-state index contributed by atoms with van der Waals surface area (Å²) in [6, 6.07) is 19.6. The first-order valence-electron chi connectivity index (χ1n) is 15.0. The van der Waals surface area contributed by atoms with Crippen LogP contribution in [0.4, 0.5) is 0 Å². The van der Waals surface area contributed by atoms with Crippen LogP contribution in [-0.2, 0) is 30.6 Å². The largest absolute Gasteiger partial charge is 0.507 e. The van der Waals surface area contributed by atoms with E-state index < -0.39 is 6.04 Å². The number of allylic oxidation sites excluding steroid dienone is 2. The van der Waals surface area contributed by atoms with Crippen molar-refractivity contribution < 1.29 is 14.6 Å². The summed E-state index contributed by atoms with van der Waals surface area (Å²) in [5.41, 5.74) is 12.0. The lowest BCUT2D eigenvalue weighted by atomic mass is 9.94. The van der Waals surface area contributed by atoms with Gasteiger partial charge in [0, 0.05) is 42.4 Å². The molecule has 42 heavy (non-hydrogen) atoms. The first kappa shape index (κ1) is 31.1. The van der Waals surface area contributed by atoms with Crippen LogP contribution < -0.4 is 15.8 Å². The number of hydrogen-bond acceptors (Lipinski definition) is 5. The second-order valence-corrected chi connectivity index (χ2v) is 11.5. The molecule has 1 aliphatic heterocycles. The van der Waals surface area contributed by atoms with Gasteiger partial charge in [0.2, 0.25) is 5.91 Å². The maximum absolute atomic E-state index is 12.8. The molecule has 1 amide bonds. The molecule has 1 atom stereocenters. The Bertz CT molecular complexity index is 1360. The molecule has 0 aliphatic carbocycles. The van der Waals surface area contributed by atoms with Crippen LogP contribution in [0, 0.1) is 0 Å². The highest BCUT2D eigenvalue weighted by molar-refractivity contribution is 5.82. The lowest BCUT2D eigenvalue weighted by molar-refractivity contribution is -0.123. The van der Waals surface area contributed by atoms with Crippen molar-refractivity contribution in [3.63, 3.8) is 0 Å². The monoisotopic (exact) mass is 567 g/mol. The normalized spacial score (nSPS) is 14.9. The average Bonchev–Trinajstić information content (AvgIpc) is 2.97. The minimum atomic E-state index is -0.567. The van der Waals surface area contributed by atoms with Gasteiger partial charge in [0.1, 0.15) is 11.5 Å². The molecular formula is C36H45N3O3. The molecule has 3 aromatic carbocycles. The van der Waals surface area contributed by atoms with Crippen molar-refractivity contribution in [3.8, 4) is 22.6 Å². The predicted molar refractivity (Wildman–Crippen MR) is 172 cm³/mol. The van der Waals surface area contributed by atoms with Crippen molar-refractivity contribution in [1.82, 2.24) is 10.2 Å². The van der Waals surface area contributed by atoms with E-state index in [1.54, 1.807) is 0 Å². The van der Waals surface area contributed by atoms with Gasteiger partial charge in [-0.25, -0.2) is 0 Å². The minimum Gasteiger partial charge on any atom is -0.507 e. The number of amides is 1. The van der Waals surface area contributed by atoms with Crippen LogP contribution in [0.1, 0.15) is 48.9 Å². The Morgan fingerprint density at radius 3 is 2.33 bits per heavy atom. The van der Waals surface area contributed by atoms with E-state index in [9.17, 15) is 9.90 Å². The summed E-state index contributed by atoms with van der Waals surface area (Å²) in [5.74, 6) is 0.918. The molecule has 3 aromatic rings. The number of nitrogens with two attached hydrogens (primary N) is 1. The maximum Gasteiger partial charge on any atom is 0.237 e. The molecule has 0 unspecified atom stereocenters. The molecule has 0 bridgehead atoms. The molecule has 1 fully saturated rings. The van der Waals surface area contributed by atoms with Gasteiger partial charge in [0.25, 0.3) is 0 Å². The molecule has 0 aromatic heterocycles. The Labute approximate surface area is 250 Å². The van der Waals surface area contributed by atoms with Crippen molar-refractivity contribution in [2.75, 3.05) is 13.1 Å². The second-order valence-electron chi connectivity index (χ2n) is 11.5. The van der Waals surface area contributed by atoms with Gasteiger partial charge in [-0.3, -0.25) is 9.69 Å². The first-order chi connectivity index (χ1) is 20.3. The van der Waals surface area contributed by atoms with Crippen LogP contribution in [0.3, 0.4) is 0 Å². The Hall–Kier alpha value is -3.87. The van der Waals surface area contributed by atoms with Crippen molar-refractivity contribution in [1.29, 1.82) is 0 Å². The second kappa shape index (κ2) is 14.9. The topological polar surface area (TPSA) is 87.8 Å². The highest BCUT2D eigenvalue weighted by Gasteiger charge is 2.25. The number of phenolic OH excluding ortho intramolecular Hbond substituents is 1. The highest BCUT2D eigenvalue weighted by Crippen LogP contribution is 2.40. The molecule has 0 saturated carbocycles. The molecule has 6 nitrogen and oxygen atoms in total. The summed E-state index contributed by atoms with van der Waals surface area (Å²) >= 11 is 0. The zero-order chi connectivity index (χ0) is 30.1. The van der Waals surface area contributed by atoms with Gasteiger partial charge < -0.3 is 20.9 Å². The summed E-state index contributed by atoms with van der Waals surface area (Å²) in [4.78, 5) is 15.1. The van der Waals surface area contributed by atoms with E-state index in [0.717, 1.165) is 71.5 Å². The van der Waals surface area contributed by atoms with Crippen LogP contribution in [-0.4, -0.2) is 47.2 Å². The molecule has 4 rings (SSSR count). The first-order valence-corrected chi connectivity index (χ1v) is 15.0. The number of benzene rings is 3. The van der Waals surface area contributed by atoms with Crippen molar-refractivity contribution >= 4 is 5.91 Å². The van der Waals surface area contributed by atoms with E-state index in [1.165, 1.54) is 0 Å². The molecular weight excluding hydrogens is 522 g/mol. The third-order valence-electron chi connectivity index (χ3n) is 7.67. The Morgan fingerprint density at radius 2 is 1.67 bits per heavy atom. The van der Waals surface area contributed by atoms with Crippen LogP contribution in [0.25, 0.3) is 11.1 Å². The number of carbonyl (C=O) groups is 1. The molecule has 1 aliphatic rings. The summed E-state index contributed by atoms with van der Waals surface area (Å²) in [5, 5.41) is 14.8. The summed E-state index contributed by atoms with van der Waals surface area (Å²) < 4.78 is 6.16. The Morgan fingerprint density at radius 1 is 1.00 bits per heavy atom. The fraction of sp³-hybridized carbons (Fsp3) is 0.361. The number of phenols is 1. The number of ether oxygens (including phenoxy) is 1. The number of likely N-dealkylation sites (tertiary alicyclic amines) is 1. The van der Waals surface area contributed by atoms with E-state index in [-0.39, 0.29) is 23.8 Å². The number of hydrogen-bond donors (Lipinski definition) is 3. The molecule has 4 N–H and O–H groups in total. The lowest BCUT2D eigenvalue weighted by Crippen LogP contribution is -2.50. The van der Waals surface area contributed by atoms with Gasteiger partial charge in [0.15, 0.2) is 0 Å². The average molecular weight is 568 g/mol. The minimum absolute atomic E-state index is 0.00153. The zero-order valence-corrected chi connectivity index (χ0v) is 25.0. The summed E-state index contributed by atoms with van der Waals surface area (Å²) in [6.07, 6.45) is 7.39. The Balaban J connectivity index is 1.47. The number of nitrogens with one attached hydrogen (secondary N) is 1. The molecule has 222 valence electrons. The quantitative estimate of drug-likeness (QED) is 0.222. The summed E-state index contributed by atoms with van der Waals surface area (Å²) in [6.45, 7) is 14.1. The molecule has 6 heteroatoms. The summed E-state index contributed by atoms with van der Waals surface area (Å²) in [7, 11) is 0. The van der Waals surface area contributed by atoms with E-state index in [2.05, 4.69) is 35.5 Å². The SMILES string of the molecule is C=CCc1ccc(OC(C)C)c(-c2cc(CC=C)cc(CN3CCC(NC(=O)[C@@H](N)Cc4ccccc4)CC3)c2O)c1. The molecule has 0 spiro atoms. The highest BCUT2D eigenvalue weighted by atomic mass is 16.5.